The maximum Gasteiger partial charge on any atom is 0.338 e. The highest BCUT2D eigenvalue weighted by Gasteiger charge is 2.08. The van der Waals surface area contributed by atoms with Crippen molar-refractivity contribution in [1.82, 2.24) is 0 Å². The highest BCUT2D eigenvalue weighted by Crippen LogP contribution is 2.20. The lowest BCUT2D eigenvalue weighted by molar-refractivity contribution is 0.0505. The van der Waals surface area contributed by atoms with Gasteiger partial charge in [-0.05, 0) is 31.0 Å². The second kappa shape index (κ2) is 8.37. The second-order valence-electron chi connectivity index (χ2n) is 4.21. The summed E-state index contributed by atoms with van der Waals surface area (Å²) in [5, 5.41) is 3.20. The molecule has 0 saturated carbocycles. The molecule has 0 fully saturated rings. The molecule has 5 nitrogen and oxygen atoms in total. The van der Waals surface area contributed by atoms with Crippen LogP contribution in [0.2, 0.25) is 0 Å². The normalized spacial score (nSPS) is 10.2. The number of carbonyl (C=O) groups excluding carboxylic acids is 1. The molecule has 0 unspecified atom stereocenters. The minimum absolute atomic E-state index is 0.334. The predicted molar refractivity (Wildman–Crippen MR) is 76.4 cm³/mol. The number of rotatable bonds is 8. The monoisotopic (exact) mass is 266 g/mol. The molecule has 1 rings (SSSR count). The van der Waals surface area contributed by atoms with Crippen molar-refractivity contribution in [3.63, 3.8) is 0 Å². The third kappa shape index (κ3) is 5.18. The zero-order chi connectivity index (χ0) is 14.1. The molecule has 0 aromatic heterocycles. The summed E-state index contributed by atoms with van der Waals surface area (Å²) in [5.74, 6) is -0.334. The summed E-state index contributed by atoms with van der Waals surface area (Å²) in [4.78, 5) is 11.7. The molecule has 1 aromatic rings. The number of hydrogen-bond donors (Lipinski definition) is 2. The summed E-state index contributed by atoms with van der Waals surface area (Å²) in [7, 11) is 1.67. The minimum Gasteiger partial charge on any atom is -0.462 e. The van der Waals surface area contributed by atoms with E-state index in [1.54, 1.807) is 25.3 Å². The van der Waals surface area contributed by atoms with E-state index in [9.17, 15) is 4.79 Å². The Morgan fingerprint density at radius 2 is 2.16 bits per heavy atom. The molecule has 0 radical (unpaired) electrons. The summed E-state index contributed by atoms with van der Waals surface area (Å²) < 4.78 is 10.0. The van der Waals surface area contributed by atoms with E-state index in [4.69, 9.17) is 15.2 Å². The molecular weight excluding hydrogens is 244 g/mol. The van der Waals surface area contributed by atoms with Crippen molar-refractivity contribution in [3.8, 4) is 0 Å². The van der Waals surface area contributed by atoms with Crippen LogP contribution < -0.4 is 11.1 Å². The number of hydrogen-bond acceptors (Lipinski definition) is 5. The van der Waals surface area contributed by atoms with Crippen molar-refractivity contribution in [3.05, 3.63) is 23.8 Å². The van der Waals surface area contributed by atoms with E-state index in [1.807, 2.05) is 6.92 Å². The Labute approximate surface area is 114 Å². The number of anilines is 2. The molecule has 0 heterocycles. The SMILES string of the molecule is CCCOC(=O)c1ccc(NCCCOC)c(N)c1. The molecule has 5 heteroatoms. The highest BCUT2D eigenvalue weighted by atomic mass is 16.5. The number of nitrogens with two attached hydrogens (primary N) is 1. The van der Waals surface area contributed by atoms with Crippen LogP contribution in [0.1, 0.15) is 30.1 Å². The van der Waals surface area contributed by atoms with Crippen LogP contribution in [0.3, 0.4) is 0 Å². The second-order valence-corrected chi connectivity index (χ2v) is 4.21. The Morgan fingerprint density at radius 1 is 1.37 bits per heavy atom. The Morgan fingerprint density at radius 3 is 2.79 bits per heavy atom. The average molecular weight is 266 g/mol. The van der Waals surface area contributed by atoms with Crippen LogP contribution >= 0.6 is 0 Å². The first-order valence-electron chi connectivity index (χ1n) is 6.48. The Kier molecular flexibility index (Phi) is 6.74. The third-order valence-corrected chi connectivity index (χ3v) is 2.57. The van der Waals surface area contributed by atoms with E-state index in [0.717, 1.165) is 25.1 Å². The van der Waals surface area contributed by atoms with Crippen LogP contribution in [-0.4, -0.2) is 32.8 Å². The molecule has 1 aromatic carbocycles. The first-order chi connectivity index (χ1) is 9.19. The molecule has 0 aliphatic carbocycles. The molecule has 0 aliphatic rings. The number of ether oxygens (including phenoxy) is 2. The quantitative estimate of drug-likeness (QED) is 0.429. The van der Waals surface area contributed by atoms with E-state index < -0.39 is 0 Å². The molecule has 19 heavy (non-hydrogen) atoms. The van der Waals surface area contributed by atoms with Gasteiger partial charge in [0.1, 0.15) is 0 Å². The van der Waals surface area contributed by atoms with E-state index in [1.165, 1.54) is 0 Å². The van der Waals surface area contributed by atoms with Gasteiger partial charge in [0.05, 0.1) is 23.5 Å². The lowest BCUT2D eigenvalue weighted by Gasteiger charge is -2.10. The van der Waals surface area contributed by atoms with Crippen LogP contribution in [0.25, 0.3) is 0 Å². The Balaban J connectivity index is 2.56. The van der Waals surface area contributed by atoms with E-state index >= 15 is 0 Å². The summed E-state index contributed by atoms with van der Waals surface area (Å²) in [6.45, 7) is 3.86. The minimum atomic E-state index is -0.334. The summed E-state index contributed by atoms with van der Waals surface area (Å²) in [6, 6.07) is 5.15. The predicted octanol–water partition coefficient (Wildman–Crippen LogP) is 2.28. The molecule has 0 aliphatic heterocycles. The van der Waals surface area contributed by atoms with Gasteiger partial charge >= 0.3 is 5.97 Å². The highest BCUT2D eigenvalue weighted by molar-refractivity contribution is 5.91. The molecule has 0 bridgehead atoms. The smallest absolute Gasteiger partial charge is 0.338 e. The van der Waals surface area contributed by atoms with Crippen LogP contribution in [0, 0.1) is 0 Å². The zero-order valence-electron chi connectivity index (χ0n) is 11.6. The molecular formula is C14H22N2O3. The summed E-state index contributed by atoms with van der Waals surface area (Å²) in [6.07, 6.45) is 1.70. The van der Waals surface area contributed by atoms with Crippen LogP contribution in [-0.2, 0) is 9.47 Å². The standard InChI is InChI=1S/C14H22N2O3/c1-3-8-19-14(17)11-5-6-13(12(15)10-11)16-7-4-9-18-2/h5-6,10,16H,3-4,7-9,15H2,1-2H3. The first-order valence-corrected chi connectivity index (χ1v) is 6.48. The van der Waals surface area contributed by atoms with Gasteiger partial charge in [0.25, 0.3) is 0 Å². The topological polar surface area (TPSA) is 73.6 Å². The summed E-state index contributed by atoms with van der Waals surface area (Å²) >= 11 is 0. The van der Waals surface area contributed by atoms with E-state index in [-0.39, 0.29) is 5.97 Å². The van der Waals surface area contributed by atoms with Crippen molar-refractivity contribution in [2.45, 2.75) is 19.8 Å². The van der Waals surface area contributed by atoms with Crippen LogP contribution in [0.15, 0.2) is 18.2 Å². The van der Waals surface area contributed by atoms with Gasteiger partial charge in [-0.25, -0.2) is 4.79 Å². The molecule has 0 atom stereocenters. The van der Waals surface area contributed by atoms with Gasteiger partial charge in [-0.1, -0.05) is 6.92 Å². The Bertz CT molecular complexity index is 408. The Hall–Kier alpha value is -1.75. The summed E-state index contributed by atoms with van der Waals surface area (Å²) in [5.41, 5.74) is 7.75. The molecule has 3 N–H and O–H groups in total. The van der Waals surface area contributed by atoms with E-state index in [2.05, 4.69) is 5.32 Å². The van der Waals surface area contributed by atoms with Crippen LogP contribution in [0.5, 0.6) is 0 Å². The third-order valence-electron chi connectivity index (χ3n) is 2.57. The largest absolute Gasteiger partial charge is 0.462 e. The van der Waals surface area contributed by atoms with Gasteiger partial charge in [-0.3, -0.25) is 0 Å². The molecule has 0 saturated heterocycles. The van der Waals surface area contributed by atoms with Gasteiger partial charge in [-0.2, -0.15) is 0 Å². The van der Waals surface area contributed by atoms with Crippen molar-refractivity contribution in [2.75, 3.05) is 37.9 Å². The maximum absolute atomic E-state index is 11.7. The number of nitrogens with one attached hydrogen (secondary N) is 1. The number of benzene rings is 1. The first kappa shape index (κ1) is 15.3. The van der Waals surface area contributed by atoms with Gasteiger partial charge < -0.3 is 20.5 Å². The average Bonchev–Trinajstić information content (AvgIpc) is 2.42. The van der Waals surface area contributed by atoms with Crippen molar-refractivity contribution in [1.29, 1.82) is 0 Å². The molecule has 0 amide bonds. The van der Waals surface area contributed by atoms with E-state index in [0.29, 0.717) is 24.5 Å². The fourth-order valence-corrected chi connectivity index (χ4v) is 1.57. The van der Waals surface area contributed by atoms with Crippen molar-refractivity contribution in [2.24, 2.45) is 0 Å². The number of nitrogen functional groups attached to an aromatic ring is 1. The fraction of sp³-hybridized carbons (Fsp3) is 0.500. The van der Waals surface area contributed by atoms with Gasteiger partial charge in [-0.15, -0.1) is 0 Å². The van der Waals surface area contributed by atoms with Crippen molar-refractivity contribution < 1.29 is 14.3 Å². The van der Waals surface area contributed by atoms with Gasteiger partial charge in [0.2, 0.25) is 0 Å². The van der Waals surface area contributed by atoms with Crippen LogP contribution in [0.4, 0.5) is 11.4 Å². The number of methoxy groups -OCH3 is 1. The van der Waals surface area contributed by atoms with Gasteiger partial charge in [0.15, 0.2) is 0 Å². The zero-order valence-corrected chi connectivity index (χ0v) is 11.6. The molecule has 0 spiro atoms. The molecule has 106 valence electrons. The lowest BCUT2D eigenvalue weighted by Crippen LogP contribution is -2.09. The number of carbonyl (C=O) groups is 1. The fourth-order valence-electron chi connectivity index (χ4n) is 1.57. The maximum atomic E-state index is 11.7. The van der Waals surface area contributed by atoms with Gasteiger partial charge in [0, 0.05) is 20.3 Å². The van der Waals surface area contributed by atoms with Crippen molar-refractivity contribution >= 4 is 17.3 Å². The lowest BCUT2D eigenvalue weighted by atomic mass is 10.1. The number of esters is 1.